The minimum absolute atomic E-state index is 0.104. The Morgan fingerprint density at radius 1 is 0.543 bits per heavy atom. The molecule has 1 saturated carbocycles. The van der Waals surface area contributed by atoms with Gasteiger partial charge in [0.2, 0.25) is 0 Å². The van der Waals surface area contributed by atoms with E-state index in [9.17, 15) is 24.9 Å². The second-order valence-corrected chi connectivity index (χ2v) is 13.7. The number of nitrogens with zero attached hydrogens (tertiary/aromatic N) is 1. The molecule has 0 heterocycles. The molecule has 0 spiro atoms. The molecule has 3 N–H and O–H groups in total. The van der Waals surface area contributed by atoms with E-state index in [0.717, 1.165) is 38.5 Å². The summed E-state index contributed by atoms with van der Waals surface area (Å²) in [6.45, 7) is 5.45. The summed E-state index contributed by atoms with van der Waals surface area (Å²) in [7, 11) is 0. The van der Waals surface area contributed by atoms with Crippen LogP contribution in [0.25, 0.3) is 0 Å². The molecule has 8 heteroatoms. The molecule has 0 bridgehead atoms. The second kappa shape index (κ2) is 29.9. The maximum Gasteiger partial charge on any atom is 0.309 e. The minimum Gasteiger partial charge on any atom is -0.465 e. The molecule has 4 atom stereocenters. The summed E-state index contributed by atoms with van der Waals surface area (Å²) in [5.74, 6) is -2.31. The highest BCUT2D eigenvalue weighted by atomic mass is 16.5. The van der Waals surface area contributed by atoms with Gasteiger partial charge >= 0.3 is 11.9 Å². The molecule has 4 unspecified atom stereocenters. The lowest BCUT2D eigenvalue weighted by molar-refractivity contribution is -0.168. The van der Waals surface area contributed by atoms with E-state index in [1.807, 2.05) is 4.90 Å². The highest BCUT2D eigenvalue weighted by Gasteiger charge is 2.46. The molecule has 46 heavy (non-hydrogen) atoms. The number of unbranched alkanes of at least 4 members (excludes halogenated alkanes) is 20. The average molecular weight is 656 g/mol. The van der Waals surface area contributed by atoms with E-state index in [1.54, 1.807) is 0 Å². The Bertz CT molecular complexity index is 715. The van der Waals surface area contributed by atoms with Gasteiger partial charge in [-0.25, -0.2) is 0 Å². The molecule has 0 aromatic heterocycles. The third-order valence-corrected chi connectivity index (χ3v) is 9.75. The molecule has 0 saturated heterocycles. The first kappa shape index (κ1) is 42.8. The standard InChI is InChI=1S/C38H73NO7/c1-3-5-7-9-11-13-15-17-19-21-23-29-45-37(43)33-31-35(39(25-27-40)26-28-41)36(42)32-34(33)38(44)46-30-24-22-20-18-16-14-12-10-8-6-4-2/h33-36,40-42H,3-32H2,1-2H3. The van der Waals surface area contributed by atoms with Crippen LogP contribution in [-0.2, 0) is 19.1 Å². The molecular formula is C38H73NO7. The van der Waals surface area contributed by atoms with Crippen LogP contribution in [0.3, 0.4) is 0 Å². The fourth-order valence-electron chi connectivity index (χ4n) is 6.87. The highest BCUT2D eigenvalue weighted by molar-refractivity contribution is 5.82. The zero-order valence-electron chi connectivity index (χ0n) is 29.9. The van der Waals surface area contributed by atoms with E-state index in [2.05, 4.69) is 13.8 Å². The van der Waals surface area contributed by atoms with Gasteiger partial charge in [-0.2, -0.15) is 0 Å². The molecule has 0 aromatic rings. The van der Waals surface area contributed by atoms with E-state index < -0.39 is 35.9 Å². The monoisotopic (exact) mass is 656 g/mol. The Hall–Kier alpha value is -1.22. The van der Waals surface area contributed by atoms with Crippen LogP contribution >= 0.6 is 0 Å². The van der Waals surface area contributed by atoms with E-state index in [1.165, 1.54) is 103 Å². The first-order valence-electron chi connectivity index (χ1n) is 19.5. The molecule has 0 amide bonds. The fraction of sp³-hybridized carbons (Fsp3) is 0.947. The normalized spacial score (nSPS) is 19.9. The lowest BCUT2D eigenvalue weighted by Gasteiger charge is -2.42. The van der Waals surface area contributed by atoms with Gasteiger partial charge < -0.3 is 24.8 Å². The molecule has 1 aliphatic rings. The van der Waals surface area contributed by atoms with Crippen molar-refractivity contribution in [2.75, 3.05) is 39.5 Å². The van der Waals surface area contributed by atoms with Crippen molar-refractivity contribution in [1.82, 2.24) is 4.90 Å². The Kier molecular flexibility index (Phi) is 27.8. The summed E-state index contributed by atoms with van der Waals surface area (Å²) >= 11 is 0. The number of rotatable bonds is 31. The van der Waals surface area contributed by atoms with Crippen molar-refractivity contribution >= 4 is 11.9 Å². The van der Waals surface area contributed by atoms with E-state index in [0.29, 0.717) is 13.2 Å². The topological polar surface area (TPSA) is 117 Å². The van der Waals surface area contributed by atoms with Crippen molar-refractivity contribution < 1.29 is 34.4 Å². The molecule has 0 aromatic carbocycles. The van der Waals surface area contributed by atoms with Gasteiger partial charge in [-0.3, -0.25) is 14.5 Å². The van der Waals surface area contributed by atoms with Crippen LogP contribution in [0.1, 0.15) is 168 Å². The summed E-state index contributed by atoms with van der Waals surface area (Å²) in [6.07, 6.45) is 26.2. The van der Waals surface area contributed by atoms with Crippen LogP contribution in [-0.4, -0.2) is 83.8 Å². The highest BCUT2D eigenvalue weighted by Crippen LogP contribution is 2.35. The second-order valence-electron chi connectivity index (χ2n) is 13.7. The van der Waals surface area contributed by atoms with E-state index in [-0.39, 0.29) is 39.1 Å². The van der Waals surface area contributed by atoms with Crippen molar-refractivity contribution in [2.24, 2.45) is 11.8 Å². The lowest BCUT2D eigenvalue weighted by Crippen LogP contribution is -2.54. The molecule has 1 fully saturated rings. The van der Waals surface area contributed by atoms with Gasteiger partial charge in [0, 0.05) is 19.1 Å². The van der Waals surface area contributed by atoms with Crippen molar-refractivity contribution in [3.8, 4) is 0 Å². The Labute approximate surface area is 282 Å². The van der Waals surface area contributed by atoms with Crippen molar-refractivity contribution in [2.45, 2.75) is 180 Å². The number of aliphatic hydroxyl groups is 3. The van der Waals surface area contributed by atoms with E-state index in [4.69, 9.17) is 9.47 Å². The smallest absolute Gasteiger partial charge is 0.309 e. The van der Waals surface area contributed by atoms with Gasteiger partial charge in [-0.15, -0.1) is 0 Å². The molecule has 1 rings (SSSR count). The van der Waals surface area contributed by atoms with Gasteiger partial charge in [0.15, 0.2) is 0 Å². The van der Waals surface area contributed by atoms with Crippen LogP contribution in [0.15, 0.2) is 0 Å². The largest absolute Gasteiger partial charge is 0.465 e. The molecular weight excluding hydrogens is 582 g/mol. The first-order chi connectivity index (χ1) is 22.5. The number of aliphatic hydroxyl groups excluding tert-OH is 3. The summed E-state index contributed by atoms with van der Waals surface area (Å²) in [4.78, 5) is 28.3. The molecule has 8 nitrogen and oxygen atoms in total. The third kappa shape index (κ3) is 20.2. The Morgan fingerprint density at radius 3 is 1.22 bits per heavy atom. The van der Waals surface area contributed by atoms with Gasteiger partial charge in [0.25, 0.3) is 0 Å². The van der Waals surface area contributed by atoms with Crippen molar-refractivity contribution in [3.63, 3.8) is 0 Å². The van der Waals surface area contributed by atoms with Crippen LogP contribution in [0.5, 0.6) is 0 Å². The van der Waals surface area contributed by atoms with Gasteiger partial charge in [-0.1, -0.05) is 142 Å². The maximum absolute atomic E-state index is 13.3. The Morgan fingerprint density at radius 2 is 0.870 bits per heavy atom. The van der Waals surface area contributed by atoms with Crippen LogP contribution in [0.4, 0.5) is 0 Å². The van der Waals surface area contributed by atoms with Crippen molar-refractivity contribution in [3.05, 3.63) is 0 Å². The molecule has 272 valence electrons. The number of esters is 2. The van der Waals surface area contributed by atoms with E-state index >= 15 is 0 Å². The lowest BCUT2D eigenvalue weighted by atomic mass is 9.74. The van der Waals surface area contributed by atoms with Crippen LogP contribution < -0.4 is 0 Å². The molecule has 1 aliphatic carbocycles. The quantitative estimate of drug-likeness (QED) is 0.0513. The van der Waals surface area contributed by atoms with Gasteiger partial charge in [0.1, 0.15) is 0 Å². The number of ether oxygens (including phenoxy) is 2. The number of carbonyl (C=O) groups excluding carboxylic acids is 2. The van der Waals surface area contributed by atoms with Gasteiger partial charge in [-0.05, 0) is 25.7 Å². The first-order valence-corrected chi connectivity index (χ1v) is 19.5. The predicted octanol–water partition coefficient (Wildman–Crippen LogP) is 7.74. The SMILES string of the molecule is CCCCCCCCCCCCCOC(=O)C1CC(O)C(N(CCO)CCO)CC1C(=O)OCCCCCCCCCCCCC. The Balaban J connectivity index is 2.49. The maximum atomic E-state index is 13.3. The van der Waals surface area contributed by atoms with Gasteiger partial charge in [0.05, 0.1) is 44.4 Å². The number of hydrogen-bond donors (Lipinski definition) is 3. The van der Waals surface area contributed by atoms with Crippen LogP contribution in [0.2, 0.25) is 0 Å². The molecule has 0 aliphatic heterocycles. The summed E-state index contributed by atoms with van der Waals surface area (Å²) < 4.78 is 11.3. The summed E-state index contributed by atoms with van der Waals surface area (Å²) in [6, 6.07) is -0.450. The molecule has 0 radical (unpaired) electrons. The van der Waals surface area contributed by atoms with Crippen molar-refractivity contribution in [1.29, 1.82) is 0 Å². The zero-order chi connectivity index (χ0) is 33.7. The number of hydrogen-bond acceptors (Lipinski definition) is 8. The average Bonchev–Trinajstić information content (AvgIpc) is 3.05. The zero-order valence-corrected chi connectivity index (χ0v) is 29.9. The number of carbonyl (C=O) groups is 2. The summed E-state index contributed by atoms with van der Waals surface area (Å²) in [5, 5.41) is 30.1. The fourth-order valence-corrected chi connectivity index (χ4v) is 6.87. The minimum atomic E-state index is -0.867. The van der Waals surface area contributed by atoms with Crippen LogP contribution in [0, 0.1) is 11.8 Å². The third-order valence-electron chi connectivity index (χ3n) is 9.75. The predicted molar refractivity (Wildman–Crippen MR) is 187 cm³/mol. The summed E-state index contributed by atoms with van der Waals surface area (Å²) in [5.41, 5.74) is 0.